The van der Waals surface area contributed by atoms with Gasteiger partial charge in [0.25, 0.3) is 0 Å². The maximum absolute atomic E-state index is 11.2. The second kappa shape index (κ2) is 7.63. The summed E-state index contributed by atoms with van der Waals surface area (Å²) >= 11 is 0. The van der Waals surface area contributed by atoms with Gasteiger partial charge in [-0.15, -0.1) is 0 Å². The molecule has 7 heteroatoms. The number of aromatic nitrogens is 1. The lowest BCUT2D eigenvalue weighted by atomic mass is 10.3. The molecule has 1 N–H and O–H groups in total. The van der Waals surface area contributed by atoms with Crippen LogP contribution in [0.5, 0.6) is 17.4 Å². The summed E-state index contributed by atoms with van der Waals surface area (Å²) in [6, 6.07) is 11.8. The second-order valence-corrected chi connectivity index (χ2v) is 4.00. The van der Waals surface area contributed by atoms with Gasteiger partial charge in [-0.3, -0.25) is 10.1 Å². The Kier molecular flexibility index (Phi) is 5.31. The van der Waals surface area contributed by atoms with Gasteiger partial charge in [-0.05, 0) is 18.2 Å². The summed E-state index contributed by atoms with van der Waals surface area (Å²) in [5.41, 5.74) is 0. The minimum atomic E-state index is -0.626. The second-order valence-electron chi connectivity index (χ2n) is 4.00. The van der Waals surface area contributed by atoms with Crippen molar-refractivity contribution in [1.29, 1.82) is 0 Å². The molecule has 1 aromatic carbocycles. The number of benzene rings is 1. The first-order valence-corrected chi connectivity index (χ1v) is 6.38. The Bertz CT molecular complexity index is 660. The summed E-state index contributed by atoms with van der Waals surface area (Å²) in [5.74, 6) is 1.38. The highest BCUT2D eigenvalue weighted by Crippen LogP contribution is 2.30. The smallest absolute Gasteiger partial charge is 0.412 e. The molecule has 0 spiro atoms. The van der Waals surface area contributed by atoms with Crippen LogP contribution in [0.1, 0.15) is 0 Å². The summed E-state index contributed by atoms with van der Waals surface area (Å²) in [4.78, 5) is 25.7. The SMILES string of the molecule is COC(=O)Nc1cccc(Oc2ccccc2OCC=O)n1. The predicted molar refractivity (Wildman–Crippen MR) is 78.3 cm³/mol. The Morgan fingerprint density at radius 2 is 1.95 bits per heavy atom. The number of methoxy groups -OCH3 is 1. The summed E-state index contributed by atoms with van der Waals surface area (Å²) in [7, 11) is 1.26. The van der Waals surface area contributed by atoms with E-state index in [9.17, 15) is 9.59 Å². The number of pyridine rings is 1. The molecule has 0 radical (unpaired) electrons. The van der Waals surface area contributed by atoms with Crippen molar-refractivity contribution in [3.63, 3.8) is 0 Å². The number of carbonyl (C=O) groups is 2. The zero-order valence-corrected chi connectivity index (χ0v) is 11.8. The van der Waals surface area contributed by atoms with Crippen LogP contribution < -0.4 is 14.8 Å². The number of ether oxygens (including phenoxy) is 3. The topological polar surface area (TPSA) is 86.8 Å². The van der Waals surface area contributed by atoms with E-state index in [4.69, 9.17) is 9.47 Å². The largest absolute Gasteiger partial charge is 0.482 e. The van der Waals surface area contributed by atoms with E-state index in [-0.39, 0.29) is 18.3 Å². The molecule has 0 saturated carbocycles. The van der Waals surface area contributed by atoms with Gasteiger partial charge < -0.3 is 14.2 Å². The molecule has 1 aromatic heterocycles. The van der Waals surface area contributed by atoms with Crippen LogP contribution >= 0.6 is 0 Å². The zero-order chi connectivity index (χ0) is 15.8. The molecule has 7 nitrogen and oxygen atoms in total. The summed E-state index contributed by atoms with van der Waals surface area (Å²) in [5, 5.41) is 2.44. The third kappa shape index (κ3) is 4.20. The number of amides is 1. The molecule has 0 unspecified atom stereocenters. The quantitative estimate of drug-likeness (QED) is 0.825. The highest BCUT2D eigenvalue weighted by Gasteiger charge is 2.08. The Morgan fingerprint density at radius 3 is 2.68 bits per heavy atom. The molecule has 2 aromatic rings. The van der Waals surface area contributed by atoms with E-state index in [2.05, 4.69) is 15.0 Å². The third-order valence-corrected chi connectivity index (χ3v) is 2.51. The molecule has 0 aliphatic rings. The first-order chi connectivity index (χ1) is 10.7. The Balaban J connectivity index is 2.15. The number of hydrogen-bond acceptors (Lipinski definition) is 6. The van der Waals surface area contributed by atoms with Crippen LogP contribution in [0, 0.1) is 0 Å². The number of carbonyl (C=O) groups excluding carboxylic acids is 2. The van der Waals surface area contributed by atoms with Crippen LogP contribution in [-0.2, 0) is 9.53 Å². The highest BCUT2D eigenvalue weighted by molar-refractivity contribution is 5.83. The van der Waals surface area contributed by atoms with Crippen molar-refractivity contribution >= 4 is 18.2 Å². The van der Waals surface area contributed by atoms with Gasteiger partial charge in [-0.2, -0.15) is 4.98 Å². The Morgan fingerprint density at radius 1 is 1.18 bits per heavy atom. The molecule has 0 fully saturated rings. The van der Waals surface area contributed by atoms with Gasteiger partial charge in [0.15, 0.2) is 17.8 Å². The standard InChI is InChI=1S/C15H14N2O5/c1-20-15(19)17-13-7-4-8-14(16-13)22-12-6-3-2-5-11(12)21-10-9-18/h2-9H,10H2,1H3,(H,16,17,19). The minimum Gasteiger partial charge on any atom is -0.482 e. The van der Waals surface area contributed by atoms with Crippen molar-refractivity contribution in [1.82, 2.24) is 4.98 Å². The molecule has 0 saturated heterocycles. The summed E-state index contributed by atoms with van der Waals surface area (Å²) < 4.78 is 15.4. The lowest BCUT2D eigenvalue weighted by Crippen LogP contribution is -2.12. The maximum Gasteiger partial charge on any atom is 0.412 e. The normalized spacial score (nSPS) is 9.68. The molecule has 22 heavy (non-hydrogen) atoms. The van der Waals surface area contributed by atoms with Crippen molar-refractivity contribution in [3.8, 4) is 17.4 Å². The molecule has 0 aliphatic heterocycles. The Labute approximate surface area is 126 Å². The highest BCUT2D eigenvalue weighted by atomic mass is 16.5. The molecular weight excluding hydrogens is 288 g/mol. The van der Waals surface area contributed by atoms with Crippen LogP contribution in [0.4, 0.5) is 10.6 Å². The van der Waals surface area contributed by atoms with Crippen molar-refractivity contribution in [2.24, 2.45) is 0 Å². The fourth-order valence-electron chi connectivity index (χ4n) is 1.59. The number of nitrogens with zero attached hydrogens (tertiary/aromatic N) is 1. The monoisotopic (exact) mass is 302 g/mol. The van der Waals surface area contributed by atoms with Crippen molar-refractivity contribution in [2.45, 2.75) is 0 Å². The average molecular weight is 302 g/mol. The molecule has 114 valence electrons. The van der Waals surface area contributed by atoms with Gasteiger partial charge in [0.1, 0.15) is 12.4 Å². The molecule has 1 amide bonds. The van der Waals surface area contributed by atoms with Gasteiger partial charge in [0.05, 0.1) is 7.11 Å². The third-order valence-electron chi connectivity index (χ3n) is 2.51. The first-order valence-electron chi connectivity index (χ1n) is 6.38. The van der Waals surface area contributed by atoms with Crippen LogP contribution in [0.2, 0.25) is 0 Å². The molecule has 1 heterocycles. The van der Waals surface area contributed by atoms with Crippen molar-refractivity contribution < 1.29 is 23.8 Å². The number of aldehydes is 1. The maximum atomic E-state index is 11.2. The Hall–Kier alpha value is -3.09. The van der Waals surface area contributed by atoms with Gasteiger partial charge >= 0.3 is 6.09 Å². The van der Waals surface area contributed by atoms with Gasteiger partial charge in [0.2, 0.25) is 5.88 Å². The molecule has 0 atom stereocenters. The summed E-state index contributed by atoms with van der Waals surface area (Å²) in [6.45, 7) is -0.0717. The minimum absolute atomic E-state index is 0.0717. The van der Waals surface area contributed by atoms with E-state index < -0.39 is 6.09 Å². The number of hydrogen-bond donors (Lipinski definition) is 1. The van der Waals surface area contributed by atoms with Gasteiger partial charge in [0, 0.05) is 6.07 Å². The van der Waals surface area contributed by atoms with Gasteiger partial charge in [-0.1, -0.05) is 18.2 Å². The molecule has 0 bridgehead atoms. The lowest BCUT2D eigenvalue weighted by Gasteiger charge is -2.11. The predicted octanol–water partition coefficient (Wildman–Crippen LogP) is 2.63. The number of para-hydroxylation sites is 2. The van der Waals surface area contributed by atoms with Crippen LogP contribution in [0.3, 0.4) is 0 Å². The number of anilines is 1. The van der Waals surface area contributed by atoms with E-state index in [0.717, 1.165) is 0 Å². The van der Waals surface area contributed by atoms with Crippen LogP contribution in [0.15, 0.2) is 42.5 Å². The van der Waals surface area contributed by atoms with Crippen molar-refractivity contribution in [2.75, 3.05) is 19.0 Å². The van der Waals surface area contributed by atoms with Gasteiger partial charge in [-0.25, -0.2) is 4.79 Å². The van der Waals surface area contributed by atoms with E-state index in [1.807, 2.05) is 0 Å². The average Bonchev–Trinajstić information content (AvgIpc) is 2.54. The van der Waals surface area contributed by atoms with E-state index in [1.54, 1.807) is 42.5 Å². The fourth-order valence-corrected chi connectivity index (χ4v) is 1.59. The zero-order valence-electron chi connectivity index (χ0n) is 11.8. The molecule has 2 rings (SSSR count). The molecule has 0 aliphatic carbocycles. The first kappa shape index (κ1) is 15.3. The fraction of sp³-hybridized carbons (Fsp3) is 0.133. The van der Waals surface area contributed by atoms with Crippen molar-refractivity contribution in [3.05, 3.63) is 42.5 Å². The molecular formula is C15H14N2O5. The van der Waals surface area contributed by atoms with Crippen LogP contribution in [-0.4, -0.2) is 31.1 Å². The van der Waals surface area contributed by atoms with E-state index in [1.165, 1.54) is 7.11 Å². The number of nitrogens with one attached hydrogen (secondary N) is 1. The number of rotatable bonds is 6. The summed E-state index contributed by atoms with van der Waals surface area (Å²) in [6.07, 6.45) is 0.0232. The van der Waals surface area contributed by atoms with E-state index in [0.29, 0.717) is 17.8 Å². The lowest BCUT2D eigenvalue weighted by molar-refractivity contribution is -0.109. The van der Waals surface area contributed by atoms with Crippen LogP contribution in [0.25, 0.3) is 0 Å². The van der Waals surface area contributed by atoms with E-state index >= 15 is 0 Å².